The van der Waals surface area contributed by atoms with Gasteiger partial charge in [0.1, 0.15) is 6.61 Å². The van der Waals surface area contributed by atoms with Crippen molar-refractivity contribution in [1.82, 2.24) is 0 Å². The summed E-state index contributed by atoms with van der Waals surface area (Å²) in [5.74, 6) is -1.11. The molecule has 0 saturated heterocycles. The van der Waals surface area contributed by atoms with E-state index in [0.717, 1.165) is 5.56 Å². The summed E-state index contributed by atoms with van der Waals surface area (Å²) in [4.78, 5) is 10.2. The van der Waals surface area contributed by atoms with Gasteiger partial charge < -0.3 is 9.84 Å². The third kappa shape index (κ3) is 4.82. The number of carbonyl (C=O) groups is 1. The van der Waals surface area contributed by atoms with Crippen LogP contribution in [0.25, 0.3) is 0 Å². The van der Waals surface area contributed by atoms with Crippen molar-refractivity contribution >= 4 is 16.1 Å². The molecule has 0 aliphatic carbocycles. The minimum Gasteiger partial charge on any atom is -0.480 e. The summed E-state index contributed by atoms with van der Waals surface area (Å²) in [6, 6.07) is 6.22. The van der Waals surface area contributed by atoms with Crippen LogP contribution in [0.3, 0.4) is 0 Å². The number of carboxylic acids is 1. The lowest BCUT2D eigenvalue weighted by Gasteiger charge is -2.05. The predicted molar refractivity (Wildman–Crippen MR) is 62.8 cm³/mol. The fourth-order valence-electron chi connectivity index (χ4n) is 1.14. The van der Waals surface area contributed by atoms with Crippen molar-refractivity contribution in [3.8, 4) is 0 Å². The van der Waals surface area contributed by atoms with Crippen LogP contribution in [0.2, 0.25) is 0 Å². The van der Waals surface area contributed by atoms with Gasteiger partial charge in [-0.15, -0.1) is 0 Å². The first-order valence-electron chi connectivity index (χ1n) is 5.17. The zero-order valence-corrected chi connectivity index (χ0v) is 10.6. The summed E-state index contributed by atoms with van der Waals surface area (Å²) in [7, 11) is -3.81. The number of ether oxygens (including phenoxy) is 1. The fraction of sp³-hybridized carbons (Fsp3) is 0.364. The third-order valence-electron chi connectivity index (χ3n) is 2.00. The summed E-state index contributed by atoms with van der Waals surface area (Å²) >= 11 is 0. The van der Waals surface area contributed by atoms with Gasteiger partial charge in [-0.2, -0.15) is 8.42 Å². The van der Waals surface area contributed by atoms with Crippen LogP contribution < -0.4 is 0 Å². The maximum Gasteiger partial charge on any atom is 0.329 e. The first-order chi connectivity index (χ1) is 8.42. The maximum absolute atomic E-state index is 11.6. The molecular weight excluding hydrogens is 260 g/mol. The Morgan fingerprint density at radius 3 is 2.39 bits per heavy atom. The Morgan fingerprint density at radius 1 is 1.22 bits per heavy atom. The molecule has 0 atom stereocenters. The van der Waals surface area contributed by atoms with Crippen LogP contribution in [0.1, 0.15) is 5.56 Å². The molecule has 0 aliphatic heterocycles. The van der Waals surface area contributed by atoms with Crippen molar-refractivity contribution in [3.05, 3.63) is 29.8 Å². The molecule has 1 aromatic carbocycles. The Labute approximate surface area is 105 Å². The zero-order valence-electron chi connectivity index (χ0n) is 9.83. The van der Waals surface area contributed by atoms with Gasteiger partial charge in [0.25, 0.3) is 10.1 Å². The molecular formula is C11H14O6S. The second-order valence-corrected chi connectivity index (χ2v) is 5.15. The Morgan fingerprint density at radius 2 is 1.83 bits per heavy atom. The van der Waals surface area contributed by atoms with Crippen LogP contribution in [-0.2, 0) is 23.8 Å². The largest absolute Gasteiger partial charge is 0.480 e. The summed E-state index contributed by atoms with van der Waals surface area (Å²) in [5.41, 5.74) is 0.943. The van der Waals surface area contributed by atoms with Gasteiger partial charge in [-0.05, 0) is 19.1 Å². The Balaban J connectivity index is 2.45. The molecule has 6 nitrogen and oxygen atoms in total. The van der Waals surface area contributed by atoms with E-state index in [2.05, 4.69) is 4.74 Å². The van der Waals surface area contributed by atoms with Crippen LogP contribution in [0.15, 0.2) is 29.2 Å². The number of hydrogen-bond acceptors (Lipinski definition) is 5. The quantitative estimate of drug-likeness (QED) is 0.584. The van der Waals surface area contributed by atoms with E-state index < -0.39 is 22.7 Å². The van der Waals surface area contributed by atoms with Crippen LogP contribution in [0.4, 0.5) is 0 Å². The maximum atomic E-state index is 11.6. The van der Waals surface area contributed by atoms with Crippen molar-refractivity contribution in [2.45, 2.75) is 11.8 Å². The van der Waals surface area contributed by atoms with E-state index in [1.54, 1.807) is 12.1 Å². The monoisotopic (exact) mass is 274 g/mol. The number of carboxylic acid groups (broad SMARTS) is 1. The molecule has 0 radical (unpaired) electrons. The molecule has 0 unspecified atom stereocenters. The Bertz CT molecular complexity index is 491. The molecule has 0 spiro atoms. The highest BCUT2D eigenvalue weighted by molar-refractivity contribution is 7.86. The second-order valence-electron chi connectivity index (χ2n) is 3.54. The van der Waals surface area contributed by atoms with Gasteiger partial charge in [-0.3, -0.25) is 4.18 Å². The topological polar surface area (TPSA) is 89.9 Å². The molecule has 100 valence electrons. The average Bonchev–Trinajstić information content (AvgIpc) is 2.28. The van der Waals surface area contributed by atoms with E-state index in [4.69, 9.17) is 9.29 Å². The summed E-state index contributed by atoms with van der Waals surface area (Å²) in [6.07, 6.45) is 0. The molecule has 0 aromatic heterocycles. The summed E-state index contributed by atoms with van der Waals surface area (Å²) in [5, 5.41) is 8.29. The minimum absolute atomic E-state index is 0.0614. The van der Waals surface area contributed by atoms with Crippen LogP contribution in [0, 0.1) is 6.92 Å². The molecule has 0 heterocycles. The van der Waals surface area contributed by atoms with Crippen molar-refractivity contribution < 1.29 is 27.2 Å². The molecule has 0 saturated carbocycles. The average molecular weight is 274 g/mol. The highest BCUT2D eigenvalue weighted by atomic mass is 32.2. The molecule has 0 bridgehead atoms. The minimum atomic E-state index is -3.81. The number of hydrogen-bond donors (Lipinski definition) is 1. The molecule has 0 fully saturated rings. The lowest BCUT2D eigenvalue weighted by molar-refractivity contribution is -0.142. The normalized spacial score (nSPS) is 11.4. The molecule has 0 amide bonds. The van der Waals surface area contributed by atoms with Gasteiger partial charge >= 0.3 is 5.97 Å². The highest BCUT2D eigenvalue weighted by Crippen LogP contribution is 2.12. The first-order valence-corrected chi connectivity index (χ1v) is 6.58. The summed E-state index contributed by atoms with van der Waals surface area (Å²) < 4.78 is 32.6. The van der Waals surface area contributed by atoms with Crippen LogP contribution in [-0.4, -0.2) is 39.3 Å². The summed E-state index contributed by atoms with van der Waals surface area (Å²) in [6.45, 7) is 1.05. The lowest BCUT2D eigenvalue weighted by Crippen LogP contribution is -2.14. The number of benzene rings is 1. The van der Waals surface area contributed by atoms with Gasteiger partial charge in [0.15, 0.2) is 0 Å². The number of aliphatic carboxylic acids is 1. The first kappa shape index (κ1) is 14.6. The van der Waals surface area contributed by atoms with E-state index in [1.807, 2.05) is 6.92 Å². The SMILES string of the molecule is Cc1ccc(S(=O)(=O)OCCOCC(=O)O)cc1. The van der Waals surface area contributed by atoms with Crippen LogP contribution in [0.5, 0.6) is 0 Å². The Hall–Kier alpha value is -1.44. The molecule has 1 aromatic rings. The lowest BCUT2D eigenvalue weighted by atomic mass is 10.2. The smallest absolute Gasteiger partial charge is 0.329 e. The van der Waals surface area contributed by atoms with E-state index >= 15 is 0 Å². The molecule has 7 heteroatoms. The van der Waals surface area contributed by atoms with E-state index in [1.165, 1.54) is 12.1 Å². The van der Waals surface area contributed by atoms with Gasteiger partial charge in [-0.25, -0.2) is 4.79 Å². The van der Waals surface area contributed by atoms with Crippen LogP contribution >= 0.6 is 0 Å². The highest BCUT2D eigenvalue weighted by Gasteiger charge is 2.14. The van der Waals surface area contributed by atoms with Gasteiger partial charge in [0, 0.05) is 0 Å². The molecule has 18 heavy (non-hydrogen) atoms. The van der Waals surface area contributed by atoms with Crippen molar-refractivity contribution in [2.75, 3.05) is 19.8 Å². The molecule has 1 rings (SSSR count). The second kappa shape index (κ2) is 6.48. The standard InChI is InChI=1S/C11H14O6S/c1-9-2-4-10(5-3-9)18(14,15)17-7-6-16-8-11(12)13/h2-5H,6-8H2,1H3,(H,12,13). The Kier molecular flexibility index (Phi) is 5.26. The number of rotatable bonds is 7. The van der Waals surface area contributed by atoms with E-state index in [-0.39, 0.29) is 18.1 Å². The van der Waals surface area contributed by atoms with Gasteiger partial charge in [0.05, 0.1) is 18.1 Å². The fourth-order valence-corrected chi connectivity index (χ4v) is 2.03. The van der Waals surface area contributed by atoms with Crippen molar-refractivity contribution in [1.29, 1.82) is 0 Å². The molecule has 0 aliphatic rings. The van der Waals surface area contributed by atoms with E-state index in [0.29, 0.717) is 0 Å². The third-order valence-corrected chi connectivity index (χ3v) is 3.33. The van der Waals surface area contributed by atoms with Crippen molar-refractivity contribution in [2.24, 2.45) is 0 Å². The predicted octanol–water partition coefficient (Wildman–Crippen LogP) is 0.802. The van der Waals surface area contributed by atoms with Gasteiger partial charge in [-0.1, -0.05) is 17.7 Å². The zero-order chi connectivity index (χ0) is 13.6. The number of aryl methyl sites for hydroxylation is 1. The van der Waals surface area contributed by atoms with E-state index in [9.17, 15) is 13.2 Å². The van der Waals surface area contributed by atoms with Crippen molar-refractivity contribution in [3.63, 3.8) is 0 Å². The van der Waals surface area contributed by atoms with Gasteiger partial charge in [0.2, 0.25) is 0 Å². The molecule has 1 N–H and O–H groups in total.